The molecule has 3 rings (SSSR count). The maximum absolute atomic E-state index is 12.8. The van der Waals surface area contributed by atoms with Crippen LogP contribution in [0, 0.1) is 23.2 Å². The summed E-state index contributed by atoms with van der Waals surface area (Å²) in [5, 5.41) is 15.6. The predicted octanol–water partition coefficient (Wildman–Crippen LogP) is 3.39. The number of hydrogen-bond acceptors (Lipinski definition) is 6. The summed E-state index contributed by atoms with van der Waals surface area (Å²) >= 11 is 0. The first-order valence-electron chi connectivity index (χ1n) is 10.2. The minimum absolute atomic E-state index is 0.0370. The second-order valence-corrected chi connectivity index (χ2v) is 7.18. The number of nitrogens with zero attached hydrogens (tertiary/aromatic N) is 3. The number of anilines is 1. The van der Waals surface area contributed by atoms with Crippen molar-refractivity contribution in [3.63, 3.8) is 0 Å². The molecule has 0 spiro atoms. The van der Waals surface area contributed by atoms with Gasteiger partial charge in [0, 0.05) is 43.1 Å². The largest absolute Gasteiger partial charge is 0.488 e. The van der Waals surface area contributed by atoms with E-state index in [0.717, 1.165) is 0 Å². The Morgan fingerprint density at radius 2 is 1.94 bits per heavy atom. The van der Waals surface area contributed by atoms with Gasteiger partial charge in [-0.05, 0) is 43.3 Å². The van der Waals surface area contributed by atoms with Crippen LogP contribution in [0.15, 0.2) is 54.7 Å². The van der Waals surface area contributed by atoms with E-state index in [1.807, 2.05) is 19.1 Å². The highest BCUT2D eigenvalue weighted by Crippen LogP contribution is 2.20. The fourth-order valence-corrected chi connectivity index (χ4v) is 2.97. The van der Waals surface area contributed by atoms with Crippen molar-refractivity contribution >= 4 is 11.7 Å². The number of carbonyl (C=O) groups excluding carboxylic acids is 1. The maximum atomic E-state index is 12.8. The third-order valence-electron chi connectivity index (χ3n) is 4.35. The summed E-state index contributed by atoms with van der Waals surface area (Å²) in [5.74, 6) is 7.32. The van der Waals surface area contributed by atoms with Crippen LogP contribution in [0.1, 0.15) is 28.4 Å². The Bertz CT molecular complexity index is 1220. The number of methoxy groups -OCH3 is 1. The summed E-state index contributed by atoms with van der Waals surface area (Å²) < 4.78 is 18.0. The molecule has 1 heterocycles. The van der Waals surface area contributed by atoms with E-state index in [0.29, 0.717) is 40.6 Å². The zero-order valence-electron chi connectivity index (χ0n) is 18.7. The van der Waals surface area contributed by atoms with Gasteiger partial charge in [0.15, 0.2) is 12.4 Å². The van der Waals surface area contributed by atoms with Gasteiger partial charge in [-0.25, -0.2) is 0 Å². The number of amides is 1. The molecule has 8 nitrogen and oxygen atoms in total. The van der Waals surface area contributed by atoms with E-state index in [1.165, 1.54) is 0 Å². The highest BCUT2D eigenvalue weighted by molar-refractivity contribution is 6.04. The molecule has 3 aromatic rings. The molecule has 0 unspecified atom stereocenters. The van der Waals surface area contributed by atoms with Crippen molar-refractivity contribution < 1.29 is 19.0 Å². The molecule has 168 valence electrons. The molecule has 1 N–H and O–H groups in total. The highest BCUT2D eigenvalue weighted by Gasteiger charge is 2.12. The van der Waals surface area contributed by atoms with E-state index in [4.69, 9.17) is 19.5 Å². The van der Waals surface area contributed by atoms with Crippen LogP contribution in [-0.2, 0) is 11.8 Å². The Kier molecular flexibility index (Phi) is 8.07. The molecule has 2 aromatic carbocycles. The quantitative estimate of drug-likeness (QED) is 0.535. The van der Waals surface area contributed by atoms with Gasteiger partial charge in [-0.15, -0.1) is 0 Å². The average Bonchev–Trinajstić information content (AvgIpc) is 3.21. The maximum Gasteiger partial charge on any atom is 0.257 e. The fraction of sp³-hybridized carbons (Fsp3) is 0.240. The van der Waals surface area contributed by atoms with Crippen LogP contribution >= 0.6 is 0 Å². The van der Waals surface area contributed by atoms with Crippen molar-refractivity contribution in [1.82, 2.24) is 9.78 Å². The number of aromatic nitrogens is 2. The lowest BCUT2D eigenvalue weighted by Crippen LogP contribution is -2.19. The smallest absolute Gasteiger partial charge is 0.257 e. The van der Waals surface area contributed by atoms with E-state index in [1.54, 1.807) is 67.5 Å². The fourth-order valence-electron chi connectivity index (χ4n) is 2.97. The molecule has 33 heavy (non-hydrogen) atoms. The normalized spacial score (nSPS) is 11.0. The molecule has 0 aliphatic heterocycles. The van der Waals surface area contributed by atoms with Gasteiger partial charge in [0.25, 0.3) is 5.91 Å². The number of nitriles is 1. The van der Waals surface area contributed by atoms with Crippen LogP contribution < -0.4 is 14.8 Å². The molecule has 0 saturated carbocycles. The first-order chi connectivity index (χ1) is 16.0. The molecular formula is C25H24N4O4. The van der Waals surface area contributed by atoms with Crippen LogP contribution in [-0.4, -0.2) is 42.1 Å². The lowest BCUT2D eigenvalue weighted by atomic mass is 10.1. The third kappa shape index (κ3) is 7.13. The van der Waals surface area contributed by atoms with E-state index in [2.05, 4.69) is 22.3 Å². The summed E-state index contributed by atoms with van der Waals surface area (Å²) in [4.78, 5) is 12.8. The Morgan fingerprint density at radius 1 is 1.15 bits per heavy atom. The van der Waals surface area contributed by atoms with Gasteiger partial charge in [0.1, 0.15) is 23.7 Å². The van der Waals surface area contributed by atoms with Gasteiger partial charge in [0.2, 0.25) is 0 Å². The van der Waals surface area contributed by atoms with Gasteiger partial charge < -0.3 is 19.5 Å². The standard InChI is InChI=1S/C25H24N4O4/c1-18(17-31-3)33-23-15-20(8-7-19-5-4-6-22(14-19)32-12-10-26)13-21(16-23)25(30)27-24-9-11-29(2)28-24/h4-6,9,11,13-16,18H,12,17H2,1-3H3,(H,27,28,30)/t18-/m0/s1. The van der Waals surface area contributed by atoms with Crippen LogP contribution in [0.25, 0.3) is 0 Å². The molecule has 0 fully saturated rings. The molecule has 1 aromatic heterocycles. The highest BCUT2D eigenvalue weighted by atomic mass is 16.5. The monoisotopic (exact) mass is 444 g/mol. The molecule has 1 amide bonds. The molecular weight excluding hydrogens is 420 g/mol. The summed E-state index contributed by atoms with van der Waals surface area (Å²) in [6, 6.07) is 15.9. The van der Waals surface area contributed by atoms with Crippen molar-refractivity contribution in [2.24, 2.45) is 7.05 Å². The number of aryl methyl sites for hydroxylation is 1. The van der Waals surface area contributed by atoms with E-state index in [-0.39, 0.29) is 18.6 Å². The van der Waals surface area contributed by atoms with Crippen LogP contribution in [0.2, 0.25) is 0 Å². The summed E-state index contributed by atoms with van der Waals surface area (Å²) in [6.45, 7) is 2.24. The zero-order valence-corrected chi connectivity index (χ0v) is 18.7. The van der Waals surface area contributed by atoms with Gasteiger partial charge in [-0.1, -0.05) is 17.9 Å². The summed E-state index contributed by atoms with van der Waals surface area (Å²) in [5.41, 5.74) is 1.70. The molecule has 0 aliphatic carbocycles. The number of ether oxygens (including phenoxy) is 3. The zero-order chi connectivity index (χ0) is 23.6. The van der Waals surface area contributed by atoms with Crippen molar-refractivity contribution in [2.75, 3.05) is 25.6 Å². The van der Waals surface area contributed by atoms with Crippen LogP contribution in [0.4, 0.5) is 5.82 Å². The van der Waals surface area contributed by atoms with Crippen LogP contribution in [0.3, 0.4) is 0 Å². The van der Waals surface area contributed by atoms with Gasteiger partial charge in [0.05, 0.1) is 6.61 Å². The second-order valence-electron chi connectivity index (χ2n) is 7.18. The Morgan fingerprint density at radius 3 is 2.67 bits per heavy atom. The Hall–Kier alpha value is -4.27. The SMILES string of the molecule is COC[C@H](C)Oc1cc(C#Cc2cccc(OCC#N)c2)cc(C(=O)Nc2ccn(C)n2)c1. The van der Waals surface area contributed by atoms with Crippen LogP contribution in [0.5, 0.6) is 11.5 Å². The molecule has 0 aliphatic rings. The second kappa shape index (κ2) is 11.4. The van der Waals surface area contributed by atoms with Gasteiger partial charge in [-0.3, -0.25) is 9.48 Å². The molecule has 1 atom stereocenters. The minimum atomic E-state index is -0.325. The first-order valence-corrected chi connectivity index (χ1v) is 10.2. The summed E-state index contributed by atoms with van der Waals surface area (Å²) in [7, 11) is 3.37. The van der Waals surface area contributed by atoms with E-state index >= 15 is 0 Å². The Labute approximate surface area is 192 Å². The first kappa shape index (κ1) is 23.4. The average molecular weight is 444 g/mol. The third-order valence-corrected chi connectivity index (χ3v) is 4.35. The number of hydrogen-bond donors (Lipinski definition) is 1. The van der Waals surface area contributed by atoms with Crippen molar-refractivity contribution in [3.05, 3.63) is 71.4 Å². The van der Waals surface area contributed by atoms with Gasteiger partial charge >= 0.3 is 0 Å². The number of rotatable bonds is 8. The molecule has 0 radical (unpaired) electrons. The number of benzene rings is 2. The minimum Gasteiger partial charge on any atom is -0.488 e. The summed E-state index contributed by atoms with van der Waals surface area (Å²) in [6.07, 6.45) is 1.53. The molecule has 0 saturated heterocycles. The Balaban J connectivity index is 1.88. The molecule has 8 heteroatoms. The van der Waals surface area contributed by atoms with Gasteiger partial charge in [-0.2, -0.15) is 10.4 Å². The predicted molar refractivity (Wildman–Crippen MR) is 123 cm³/mol. The van der Waals surface area contributed by atoms with Crippen molar-refractivity contribution in [1.29, 1.82) is 5.26 Å². The topological polar surface area (TPSA) is 98.4 Å². The molecule has 0 bridgehead atoms. The lowest BCUT2D eigenvalue weighted by Gasteiger charge is -2.15. The number of nitrogens with one attached hydrogen (secondary N) is 1. The van der Waals surface area contributed by atoms with E-state index in [9.17, 15) is 4.79 Å². The van der Waals surface area contributed by atoms with E-state index < -0.39 is 0 Å². The van der Waals surface area contributed by atoms with Crippen molar-refractivity contribution in [2.45, 2.75) is 13.0 Å². The number of carbonyl (C=O) groups is 1. The van der Waals surface area contributed by atoms with Crippen molar-refractivity contribution in [3.8, 4) is 29.4 Å². The lowest BCUT2D eigenvalue weighted by molar-refractivity contribution is 0.0917.